The van der Waals surface area contributed by atoms with Crippen molar-refractivity contribution in [1.82, 2.24) is 9.55 Å². The van der Waals surface area contributed by atoms with E-state index in [1.807, 2.05) is 12.1 Å². The summed E-state index contributed by atoms with van der Waals surface area (Å²) in [7, 11) is 0. The summed E-state index contributed by atoms with van der Waals surface area (Å²) in [5.74, 6) is 1.66. The SMILES string of the molecule is Cc1cccc(OCCCCn2c(CO)nc3cc(C)c(C)cc32)c1. The van der Waals surface area contributed by atoms with Crippen LogP contribution in [0.1, 0.15) is 35.4 Å². The molecule has 1 aromatic heterocycles. The van der Waals surface area contributed by atoms with Crippen molar-refractivity contribution in [2.75, 3.05) is 6.61 Å². The van der Waals surface area contributed by atoms with Crippen molar-refractivity contribution in [3.8, 4) is 5.75 Å². The molecule has 0 aliphatic rings. The highest BCUT2D eigenvalue weighted by Crippen LogP contribution is 2.21. The summed E-state index contributed by atoms with van der Waals surface area (Å²) in [5, 5.41) is 9.63. The largest absolute Gasteiger partial charge is 0.494 e. The van der Waals surface area contributed by atoms with Crippen LogP contribution in [0.15, 0.2) is 36.4 Å². The smallest absolute Gasteiger partial charge is 0.135 e. The molecule has 0 amide bonds. The molecule has 0 saturated heterocycles. The molecule has 1 heterocycles. The van der Waals surface area contributed by atoms with Gasteiger partial charge in [-0.1, -0.05) is 12.1 Å². The Kier molecular flexibility index (Phi) is 5.39. The molecule has 0 unspecified atom stereocenters. The van der Waals surface area contributed by atoms with Gasteiger partial charge in [-0.2, -0.15) is 0 Å². The minimum Gasteiger partial charge on any atom is -0.494 e. The second-order valence-corrected chi connectivity index (χ2v) is 6.64. The number of rotatable bonds is 7. The topological polar surface area (TPSA) is 47.3 Å². The fraction of sp³-hybridized carbons (Fsp3) is 0.381. The molecule has 0 aliphatic carbocycles. The molecular formula is C21H26N2O2. The van der Waals surface area contributed by atoms with Crippen LogP contribution < -0.4 is 4.74 Å². The lowest BCUT2D eigenvalue weighted by Gasteiger charge is -2.10. The summed E-state index contributed by atoms with van der Waals surface area (Å²) < 4.78 is 7.94. The Labute approximate surface area is 149 Å². The maximum atomic E-state index is 9.63. The Balaban J connectivity index is 1.62. The minimum absolute atomic E-state index is 0.0352. The number of fused-ring (bicyclic) bond motifs is 1. The van der Waals surface area contributed by atoms with Crippen LogP contribution in [0, 0.1) is 20.8 Å². The molecule has 0 bridgehead atoms. The maximum Gasteiger partial charge on any atom is 0.135 e. The van der Waals surface area contributed by atoms with E-state index in [0.717, 1.165) is 42.0 Å². The quantitative estimate of drug-likeness (QED) is 0.653. The van der Waals surface area contributed by atoms with Crippen molar-refractivity contribution in [3.63, 3.8) is 0 Å². The lowest BCUT2D eigenvalue weighted by molar-refractivity contribution is 0.263. The zero-order chi connectivity index (χ0) is 17.8. The first kappa shape index (κ1) is 17.5. The van der Waals surface area contributed by atoms with Crippen LogP contribution in [-0.2, 0) is 13.2 Å². The first-order valence-corrected chi connectivity index (χ1v) is 8.85. The van der Waals surface area contributed by atoms with Crippen molar-refractivity contribution in [2.24, 2.45) is 0 Å². The zero-order valence-electron chi connectivity index (χ0n) is 15.2. The Hall–Kier alpha value is -2.33. The van der Waals surface area contributed by atoms with E-state index in [4.69, 9.17) is 4.74 Å². The van der Waals surface area contributed by atoms with Gasteiger partial charge < -0.3 is 14.4 Å². The average molecular weight is 338 g/mol. The molecule has 0 aliphatic heterocycles. The van der Waals surface area contributed by atoms with Gasteiger partial charge in [0.05, 0.1) is 17.6 Å². The highest BCUT2D eigenvalue weighted by molar-refractivity contribution is 5.78. The van der Waals surface area contributed by atoms with E-state index in [9.17, 15) is 5.11 Å². The third kappa shape index (κ3) is 4.02. The normalized spacial score (nSPS) is 11.2. The fourth-order valence-corrected chi connectivity index (χ4v) is 3.07. The Morgan fingerprint density at radius 1 is 1.04 bits per heavy atom. The van der Waals surface area contributed by atoms with Crippen molar-refractivity contribution in [2.45, 2.75) is 46.8 Å². The highest BCUT2D eigenvalue weighted by atomic mass is 16.5. The molecule has 0 fully saturated rings. The number of aliphatic hydroxyl groups is 1. The number of benzene rings is 2. The second kappa shape index (κ2) is 7.70. The van der Waals surface area contributed by atoms with Gasteiger partial charge in [0.1, 0.15) is 18.2 Å². The molecule has 4 nitrogen and oxygen atoms in total. The summed E-state index contributed by atoms with van der Waals surface area (Å²) in [6, 6.07) is 12.4. The van der Waals surface area contributed by atoms with Crippen molar-refractivity contribution in [3.05, 3.63) is 58.9 Å². The summed E-state index contributed by atoms with van der Waals surface area (Å²) in [6.45, 7) is 7.77. The highest BCUT2D eigenvalue weighted by Gasteiger charge is 2.11. The third-order valence-corrected chi connectivity index (χ3v) is 4.62. The van der Waals surface area contributed by atoms with Gasteiger partial charge >= 0.3 is 0 Å². The number of aryl methyl sites for hydroxylation is 4. The van der Waals surface area contributed by atoms with E-state index in [-0.39, 0.29) is 6.61 Å². The van der Waals surface area contributed by atoms with Gasteiger partial charge in [0.25, 0.3) is 0 Å². The zero-order valence-corrected chi connectivity index (χ0v) is 15.2. The molecule has 4 heteroatoms. The van der Waals surface area contributed by atoms with Crippen LogP contribution in [0.2, 0.25) is 0 Å². The van der Waals surface area contributed by atoms with E-state index < -0.39 is 0 Å². The van der Waals surface area contributed by atoms with Gasteiger partial charge in [0.2, 0.25) is 0 Å². The lowest BCUT2D eigenvalue weighted by Crippen LogP contribution is -2.06. The van der Waals surface area contributed by atoms with Crippen molar-refractivity contribution >= 4 is 11.0 Å². The average Bonchev–Trinajstić information content (AvgIpc) is 2.92. The molecule has 132 valence electrons. The molecule has 3 rings (SSSR count). The third-order valence-electron chi connectivity index (χ3n) is 4.62. The lowest BCUT2D eigenvalue weighted by atomic mass is 10.1. The van der Waals surface area contributed by atoms with Gasteiger partial charge in [-0.15, -0.1) is 0 Å². The summed E-state index contributed by atoms with van der Waals surface area (Å²) in [5.41, 5.74) is 5.75. The van der Waals surface area contributed by atoms with Crippen LogP contribution in [0.5, 0.6) is 5.75 Å². The summed E-state index contributed by atoms with van der Waals surface area (Å²) in [6.07, 6.45) is 1.94. The number of hydrogen-bond donors (Lipinski definition) is 1. The minimum atomic E-state index is -0.0352. The number of nitrogens with zero attached hydrogens (tertiary/aromatic N) is 2. The van der Waals surface area contributed by atoms with Crippen LogP contribution in [0.4, 0.5) is 0 Å². The number of aliphatic hydroxyl groups excluding tert-OH is 1. The molecule has 1 N–H and O–H groups in total. The number of ether oxygens (including phenoxy) is 1. The van der Waals surface area contributed by atoms with Crippen LogP contribution in [-0.4, -0.2) is 21.3 Å². The van der Waals surface area contributed by atoms with Gasteiger partial charge in [0.15, 0.2) is 0 Å². The van der Waals surface area contributed by atoms with Crippen molar-refractivity contribution in [1.29, 1.82) is 0 Å². The van der Waals surface area contributed by atoms with Crippen LogP contribution in [0.25, 0.3) is 11.0 Å². The van der Waals surface area contributed by atoms with E-state index in [0.29, 0.717) is 6.61 Å². The fourth-order valence-electron chi connectivity index (χ4n) is 3.07. The predicted octanol–water partition coefficient (Wildman–Crippen LogP) is 4.31. The first-order valence-electron chi connectivity index (χ1n) is 8.85. The van der Waals surface area contributed by atoms with Crippen LogP contribution in [0.3, 0.4) is 0 Å². The first-order chi connectivity index (χ1) is 12.1. The summed E-state index contributed by atoms with van der Waals surface area (Å²) >= 11 is 0. The Bertz CT molecular complexity index is 868. The van der Waals surface area contributed by atoms with E-state index in [1.54, 1.807) is 0 Å². The predicted molar refractivity (Wildman–Crippen MR) is 101 cm³/mol. The van der Waals surface area contributed by atoms with Crippen molar-refractivity contribution < 1.29 is 9.84 Å². The second-order valence-electron chi connectivity index (χ2n) is 6.64. The molecule has 0 spiro atoms. The standard InChI is InChI=1S/C21H26N2O2/c1-15-7-6-8-18(11-15)25-10-5-4-9-23-20-13-17(3)16(2)12-19(20)22-21(23)14-24/h6-8,11-13,24H,4-5,9-10,14H2,1-3H3. The van der Waals surface area contributed by atoms with Crippen LogP contribution >= 0.6 is 0 Å². The molecule has 0 atom stereocenters. The van der Waals surface area contributed by atoms with E-state index >= 15 is 0 Å². The molecular weight excluding hydrogens is 312 g/mol. The molecule has 0 saturated carbocycles. The maximum absolute atomic E-state index is 9.63. The Morgan fingerprint density at radius 2 is 1.84 bits per heavy atom. The molecule has 2 aromatic carbocycles. The molecule has 3 aromatic rings. The monoisotopic (exact) mass is 338 g/mol. The number of unbranched alkanes of at least 4 members (excludes halogenated alkanes) is 1. The van der Waals surface area contributed by atoms with Gasteiger partial charge in [0, 0.05) is 6.54 Å². The molecule has 0 radical (unpaired) electrons. The van der Waals surface area contributed by atoms with Gasteiger partial charge in [-0.05, 0) is 74.6 Å². The number of aromatic nitrogens is 2. The number of hydrogen-bond acceptors (Lipinski definition) is 3. The van der Waals surface area contributed by atoms with E-state index in [2.05, 4.69) is 54.6 Å². The number of imidazole rings is 1. The van der Waals surface area contributed by atoms with Gasteiger partial charge in [-0.25, -0.2) is 4.98 Å². The Morgan fingerprint density at radius 3 is 2.60 bits per heavy atom. The van der Waals surface area contributed by atoms with Gasteiger partial charge in [-0.3, -0.25) is 0 Å². The summed E-state index contributed by atoms with van der Waals surface area (Å²) in [4.78, 5) is 4.57. The molecule has 25 heavy (non-hydrogen) atoms. The van der Waals surface area contributed by atoms with E-state index in [1.165, 1.54) is 16.7 Å².